The molecule has 4 heterocycles. The summed E-state index contributed by atoms with van der Waals surface area (Å²) in [5.74, 6) is 1.09. The summed E-state index contributed by atoms with van der Waals surface area (Å²) in [5.41, 5.74) is 7.30. The Morgan fingerprint density at radius 2 is 2.30 bits per heavy atom. The van der Waals surface area contributed by atoms with Gasteiger partial charge >= 0.3 is 0 Å². The monoisotopic (exact) mass is 330 g/mol. The van der Waals surface area contributed by atoms with Crippen LogP contribution in [0, 0.1) is 0 Å². The van der Waals surface area contributed by atoms with E-state index in [-0.39, 0.29) is 6.10 Å². The van der Waals surface area contributed by atoms with Crippen LogP contribution >= 0.6 is 11.3 Å². The summed E-state index contributed by atoms with van der Waals surface area (Å²) in [6, 6.07) is 4.09. The van der Waals surface area contributed by atoms with E-state index in [1.54, 1.807) is 16.0 Å². The van der Waals surface area contributed by atoms with E-state index in [4.69, 9.17) is 10.5 Å². The normalized spacial score (nSPS) is 18.5. The van der Waals surface area contributed by atoms with E-state index < -0.39 is 0 Å². The van der Waals surface area contributed by atoms with Crippen LogP contribution in [0.3, 0.4) is 0 Å². The summed E-state index contributed by atoms with van der Waals surface area (Å²) in [6.45, 7) is 1.48. The highest BCUT2D eigenvalue weighted by Crippen LogP contribution is 2.20. The second-order valence-electron chi connectivity index (χ2n) is 5.71. The maximum absolute atomic E-state index is 6.04. The topological polar surface area (TPSA) is 91.7 Å². The van der Waals surface area contributed by atoms with Crippen molar-refractivity contribution in [2.24, 2.45) is 0 Å². The van der Waals surface area contributed by atoms with Gasteiger partial charge in [0.2, 0.25) is 0 Å². The number of hydrogen-bond donors (Lipinski definition) is 1. The smallest absolute Gasteiger partial charge is 0.184 e. The third-order valence-electron chi connectivity index (χ3n) is 4.00. The predicted octanol–water partition coefficient (Wildman–Crippen LogP) is 2.02. The van der Waals surface area contributed by atoms with Crippen LogP contribution in [0.25, 0.3) is 11.2 Å². The number of hydrogen-bond acceptors (Lipinski definition) is 7. The van der Waals surface area contributed by atoms with E-state index in [9.17, 15) is 0 Å². The minimum Gasteiger partial charge on any atom is -0.382 e. The van der Waals surface area contributed by atoms with Crippen LogP contribution in [0.15, 0.2) is 17.5 Å². The second kappa shape index (κ2) is 6.21. The van der Waals surface area contributed by atoms with Gasteiger partial charge in [-0.25, -0.2) is 14.6 Å². The lowest BCUT2D eigenvalue weighted by Crippen LogP contribution is -2.25. The molecule has 0 amide bonds. The van der Waals surface area contributed by atoms with Crippen molar-refractivity contribution in [3.05, 3.63) is 28.2 Å². The van der Waals surface area contributed by atoms with Crippen molar-refractivity contribution in [3.8, 4) is 0 Å². The highest BCUT2D eigenvalue weighted by atomic mass is 32.1. The first-order chi connectivity index (χ1) is 11.3. The molecule has 1 aliphatic rings. The molecule has 23 heavy (non-hydrogen) atoms. The Labute approximate surface area is 137 Å². The second-order valence-corrected chi connectivity index (χ2v) is 6.75. The number of thiophene rings is 1. The average Bonchev–Trinajstić information content (AvgIpc) is 3.19. The quantitative estimate of drug-likeness (QED) is 0.787. The Kier molecular flexibility index (Phi) is 3.92. The number of nitrogens with two attached hydrogens (primary N) is 1. The van der Waals surface area contributed by atoms with Crippen LogP contribution < -0.4 is 5.73 Å². The summed E-state index contributed by atoms with van der Waals surface area (Å²) < 4.78 is 7.58. The molecule has 1 saturated heterocycles. The summed E-state index contributed by atoms with van der Waals surface area (Å²) >= 11 is 1.68. The molecule has 3 aromatic heterocycles. The molecule has 3 aromatic rings. The molecule has 1 unspecified atom stereocenters. The molecule has 1 atom stereocenters. The Hall–Kier alpha value is -2.06. The van der Waals surface area contributed by atoms with Gasteiger partial charge in [0, 0.05) is 17.9 Å². The minimum atomic E-state index is 0.172. The largest absolute Gasteiger partial charge is 0.382 e. The Bertz CT molecular complexity index is 794. The van der Waals surface area contributed by atoms with E-state index in [0.29, 0.717) is 35.8 Å². The van der Waals surface area contributed by atoms with Gasteiger partial charge < -0.3 is 10.5 Å². The fraction of sp³-hybridized carbons (Fsp3) is 0.467. The average molecular weight is 330 g/mol. The van der Waals surface area contributed by atoms with Crippen LogP contribution in [-0.2, 0) is 17.7 Å². The summed E-state index contributed by atoms with van der Waals surface area (Å²) in [4.78, 5) is 10.2. The Morgan fingerprint density at radius 3 is 3.09 bits per heavy atom. The molecule has 4 rings (SSSR count). The first-order valence-corrected chi connectivity index (χ1v) is 8.67. The van der Waals surface area contributed by atoms with E-state index in [0.717, 1.165) is 19.4 Å². The molecular weight excluding hydrogens is 312 g/mol. The van der Waals surface area contributed by atoms with Crippen LogP contribution in [0.1, 0.15) is 30.0 Å². The van der Waals surface area contributed by atoms with Gasteiger partial charge in [0.05, 0.1) is 12.6 Å². The van der Waals surface area contributed by atoms with Crippen molar-refractivity contribution in [2.45, 2.75) is 38.3 Å². The van der Waals surface area contributed by atoms with E-state index >= 15 is 0 Å². The zero-order valence-corrected chi connectivity index (χ0v) is 13.5. The van der Waals surface area contributed by atoms with Gasteiger partial charge in [0.25, 0.3) is 0 Å². The number of nitrogens with zero attached hydrogens (tertiary/aromatic N) is 5. The molecule has 1 aliphatic heterocycles. The van der Waals surface area contributed by atoms with Gasteiger partial charge in [-0.3, -0.25) is 0 Å². The maximum atomic E-state index is 6.04. The lowest BCUT2D eigenvalue weighted by Gasteiger charge is -2.22. The summed E-state index contributed by atoms with van der Waals surface area (Å²) in [7, 11) is 0. The lowest BCUT2D eigenvalue weighted by molar-refractivity contribution is 0.00433. The summed E-state index contributed by atoms with van der Waals surface area (Å²) in [5, 5.41) is 10.4. The molecule has 8 heteroatoms. The molecule has 120 valence electrons. The van der Waals surface area contributed by atoms with E-state index in [1.165, 1.54) is 11.3 Å². The van der Waals surface area contributed by atoms with Gasteiger partial charge in [-0.05, 0) is 30.7 Å². The fourth-order valence-corrected chi connectivity index (χ4v) is 3.54. The van der Waals surface area contributed by atoms with Crippen molar-refractivity contribution < 1.29 is 4.74 Å². The zero-order valence-electron chi connectivity index (χ0n) is 12.7. The predicted molar refractivity (Wildman–Crippen MR) is 88.2 cm³/mol. The highest BCUT2D eigenvalue weighted by molar-refractivity contribution is 7.09. The van der Waals surface area contributed by atoms with Gasteiger partial charge in [0.1, 0.15) is 5.82 Å². The third kappa shape index (κ3) is 3.04. The standard InChI is InChI=1S/C15H18N6OS/c16-14-13-15(18-12(17-14)8-11-5-3-7-23-11)21(20-19-13)9-10-4-1-2-6-22-10/h3,5,7,10H,1-2,4,6,8-9H2,(H2,16,17,18). The number of nitrogen functional groups attached to an aromatic ring is 1. The Balaban J connectivity index is 1.64. The molecule has 1 fully saturated rings. The lowest BCUT2D eigenvalue weighted by atomic mass is 10.1. The number of rotatable bonds is 4. The minimum absolute atomic E-state index is 0.172. The van der Waals surface area contributed by atoms with E-state index in [1.807, 2.05) is 11.4 Å². The molecular formula is C15H18N6OS. The van der Waals surface area contributed by atoms with Gasteiger partial charge in [-0.15, -0.1) is 16.4 Å². The maximum Gasteiger partial charge on any atom is 0.184 e. The van der Waals surface area contributed by atoms with Gasteiger partial charge in [-0.2, -0.15) is 0 Å². The first-order valence-electron chi connectivity index (χ1n) is 7.79. The molecule has 0 bridgehead atoms. The van der Waals surface area contributed by atoms with Crippen molar-refractivity contribution in [2.75, 3.05) is 12.3 Å². The molecule has 0 aromatic carbocycles. The van der Waals surface area contributed by atoms with Crippen molar-refractivity contribution >= 4 is 28.3 Å². The Morgan fingerprint density at radius 1 is 1.35 bits per heavy atom. The number of anilines is 1. The fourth-order valence-electron chi connectivity index (χ4n) is 2.84. The number of aromatic nitrogens is 5. The molecule has 0 spiro atoms. The van der Waals surface area contributed by atoms with Crippen LogP contribution in [0.5, 0.6) is 0 Å². The summed E-state index contributed by atoms with van der Waals surface area (Å²) in [6.07, 6.45) is 4.21. The zero-order chi connectivity index (χ0) is 15.6. The van der Waals surface area contributed by atoms with Crippen LogP contribution in [0.4, 0.5) is 5.82 Å². The number of fused-ring (bicyclic) bond motifs is 1. The molecule has 7 nitrogen and oxygen atoms in total. The number of ether oxygens (including phenoxy) is 1. The first kappa shape index (κ1) is 14.5. The van der Waals surface area contributed by atoms with Gasteiger partial charge in [-0.1, -0.05) is 11.3 Å². The third-order valence-corrected chi connectivity index (χ3v) is 4.88. The van der Waals surface area contributed by atoms with E-state index in [2.05, 4.69) is 26.3 Å². The van der Waals surface area contributed by atoms with Crippen LogP contribution in [-0.4, -0.2) is 37.7 Å². The molecule has 0 aliphatic carbocycles. The van der Waals surface area contributed by atoms with Gasteiger partial charge in [0.15, 0.2) is 17.0 Å². The van der Waals surface area contributed by atoms with Crippen LogP contribution in [0.2, 0.25) is 0 Å². The van der Waals surface area contributed by atoms with Crippen molar-refractivity contribution in [1.29, 1.82) is 0 Å². The van der Waals surface area contributed by atoms with Crippen molar-refractivity contribution in [1.82, 2.24) is 25.0 Å². The highest BCUT2D eigenvalue weighted by Gasteiger charge is 2.19. The molecule has 0 saturated carbocycles. The molecule has 2 N–H and O–H groups in total. The SMILES string of the molecule is Nc1nc(Cc2cccs2)nc2c1nnn2CC1CCCCO1. The molecule has 0 radical (unpaired) electrons. The van der Waals surface area contributed by atoms with Crippen molar-refractivity contribution in [3.63, 3.8) is 0 Å².